The fourth-order valence-corrected chi connectivity index (χ4v) is 1.96. The van der Waals surface area contributed by atoms with Crippen LogP contribution in [0.3, 0.4) is 0 Å². The van der Waals surface area contributed by atoms with E-state index in [0.717, 1.165) is 17.0 Å². The van der Waals surface area contributed by atoms with Crippen LogP contribution in [0.5, 0.6) is 0 Å². The number of carboxylic acids is 1. The molecule has 0 saturated heterocycles. The highest BCUT2D eigenvalue weighted by Gasteiger charge is 2.20. The molecular weight excluding hydrogens is 226 g/mol. The minimum Gasteiger partial charge on any atom is -0.481 e. The maximum absolute atomic E-state index is 11.4. The highest BCUT2D eigenvalue weighted by molar-refractivity contribution is 5.76. The number of nitrogens with zero attached hydrogens (tertiary/aromatic N) is 1. The first-order valence-electron chi connectivity index (χ1n) is 5.87. The molecule has 18 heavy (non-hydrogen) atoms. The van der Waals surface area contributed by atoms with Gasteiger partial charge in [-0.1, -0.05) is 36.4 Å². The van der Waals surface area contributed by atoms with E-state index in [2.05, 4.69) is 4.98 Å². The van der Waals surface area contributed by atoms with Crippen molar-refractivity contribution in [3.8, 4) is 0 Å². The van der Waals surface area contributed by atoms with Crippen molar-refractivity contribution in [3.05, 3.63) is 65.5 Å². The molecule has 0 spiro atoms. The third-order valence-electron chi connectivity index (χ3n) is 2.86. The summed E-state index contributed by atoms with van der Waals surface area (Å²) in [6.07, 6.45) is 0.418. The molecule has 3 nitrogen and oxygen atoms in total. The molecule has 1 atom stereocenters. The molecule has 3 heteroatoms. The van der Waals surface area contributed by atoms with Crippen molar-refractivity contribution in [1.82, 2.24) is 4.98 Å². The molecule has 1 N–H and O–H groups in total. The third kappa shape index (κ3) is 2.94. The number of aryl methyl sites for hydroxylation is 1. The van der Waals surface area contributed by atoms with Gasteiger partial charge < -0.3 is 5.11 Å². The zero-order valence-electron chi connectivity index (χ0n) is 10.2. The van der Waals surface area contributed by atoms with Crippen LogP contribution in [-0.4, -0.2) is 16.1 Å². The first-order chi connectivity index (χ1) is 8.66. The van der Waals surface area contributed by atoms with Crippen molar-refractivity contribution in [1.29, 1.82) is 0 Å². The molecule has 0 amide bonds. The minimum absolute atomic E-state index is 0.418. The van der Waals surface area contributed by atoms with Gasteiger partial charge in [-0.2, -0.15) is 0 Å². The van der Waals surface area contributed by atoms with Crippen molar-refractivity contribution >= 4 is 5.97 Å². The van der Waals surface area contributed by atoms with E-state index in [9.17, 15) is 9.90 Å². The van der Waals surface area contributed by atoms with Gasteiger partial charge in [0.2, 0.25) is 0 Å². The first kappa shape index (κ1) is 12.3. The van der Waals surface area contributed by atoms with E-state index in [1.807, 2.05) is 55.5 Å². The van der Waals surface area contributed by atoms with Crippen molar-refractivity contribution < 1.29 is 9.90 Å². The normalized spacial score (nSPS) is 12.1. The van der Waals surface area contributed by atoms with Gasteiger partial charge in [-0.05, 0) is 24.6 Å². The molecule has 0 aliphatic rings. The fourth-order valence-electron chi connectivity index (χ4n) is 1.96. The topological polar surface area (TPSA) is 50.2 Å². The molecule has 2 rings (SSSR count). The number of aromatic nitrogens is 1. The van der Waals surface area contributed by atoms with E-state index in [-0.39, 0.29) is 0 Å². The molecule has 0 bridgehead atoms. The van der Waals surface area contributed by atoms with Gasteiger partial charge in [-0.25, -0.2) is 0 Å². The number of carbonyl (C=O) groups is 1. The van der Waals surface area contributed by atoms with Crippen LogP contribution in [0.25, 0.3) is 0 Å². The van der Waals surface area contributed by atoms with Crippen LogP contribution >= 0.6 is 0 Å². The summed E-state index contributed by atoms with van der Waals surface area (Å²) in [7, 11) is 0. The SMILES string of the molecule is Cc1cccc(CC(C(=O)O)c2ccccc2)n1. The van der Waals surface area contributed by atoms with Crippen molar-refractivity contribution in [2.45, 2.75) is 19.3 Å². The van der Waals surface area contributed by atoms with Gasteiger partial charge in [0.15, 0.2) is 0 Å². The summed E-state index contributed by atoms with van der Waals surface area (Å²) in [5.74, 6) is -1.36. The molecule has 2 aromatic rings. The van der Waals surface area contributed by atoms with Crippen LogP contribution < -0.4 is 0 Å². The molecule has 0 saturated carbocycles. The summed E-state index contributed by atoms with van der Waals surface area (Å²) in [5, 5.41) is 9.33. The maximum atomic E-state index is 11.4. The molecule has 0 aliphatic carbocycles. The summed E-state index contributed by atoms with van der Waals surface area (Å²) >= 11 is 0. The van der Waals surface area contributed by atoms with Crippen molar-refractivity contribution in [2.75, 3.05) is 0 Å². The Kier molecular flexibility index (Phi) is 3.72. The number of rotatable bonds is 4. The zero-order chi connectivity index (χ0) is 13.0. The Morgan fingerprint density at radius 1 is 1.17 bits per heavy atom. The minimum atomic E-state index is -0.815. The lowest BCUT2D eigenvalue weighted by Crippen LogP contribution is -2.15. The molecular formula is C15H15NO2. The van der Waals surface area contributed by atoms with Crippen LogP contribution in [0.1, 0.15) is 22.9 Å². The molecule has 1 unspecified atom stereocenters. The van der Waals surface area contributed by atoms with Gasteiger partial charge in [0, 0.05) is 17.8 Å². The Morgan fingerprint density at radius 2 is 1.89 bits per heavy atom. The number of hydrogen-bond acceptors (Lipinski definition) is 2. The van der Waals surface area contributed by atoms with Gasteiger partial charge in [0.05, 0.1) is 5.92 Å². The Morgan fingerprint density at radius 3 is 2.50 bits per heavy atom. The smallest absolute Gasteiger partial charge is 0.311 e. The second-order valence-electron chi connectivity index (χ2n) is 4.28. The molecule has 0 radical (unpaired) electrons. The van der Waals surface area contributed by atoms with Gasteiger partial charge >= 0.3 is 5.97 Å². The maximum Gasteiger partial charge on any atom is 0.311 e. The number of hydrogen-bond donors (Lipinski definition) is 1. The monoisotopic (exact) mass is 241 g/mol. The van der Waals surface area contributed by atoms with E-state index in [1.165, 1.54) is 0 Å². The lowest BCUT2D eigenvalue weighted by molar-refractivity contribution is -0.138. The van der Waals surface area contributed by atoms with Crippen LogP contribution in [-0.2, 0) is 11.2 Å². The summed E-state index contributed by atoms with van der Waals surface area (Å²) in [5.41, 5.74) is 2.53. The van der Waals surface area contributed by atoms with E-state index in [1.54, 1.807) is 0 Å². The van der Waals surface area contributed by atoms with Gasteiger partial charge in [-0.15, -0.1) is 0 Å². The molecule has 0 fully saturated rings. The van der Waals surface area contributed by atoms with E-state index in [4.69, 9.17) is 0 Å². The van der Waals surface area contributed by atoms with Crippen molar-refractivity contribution in [2.24, 2.45) is 0 Å². The number of aliphatic carboxylic acids is 1. The summed E-state index contributed by atoms with van der Waals surface area (Å²) in [6.45, 7) is 1.90. The van der Waals surface area contributed by atoms with Gasteiger partial charge in [0.25, 0.3) is 0 Å². The summed E-state index contributed by atoms with van der Waals surface area (Å²) in [4.78, 5) is 15.7. The molecule has 92 valence electrons. The lowest BCUT2D eigenvalue weighted by Gasteiger charge is -2.12. The van der Waals surface area contributed by atoms with Crippen LogP contribution in [0, 0.1) is 6.92 Å². The highest BCUT2D eigenvalue weighted by Crippen LogP contribution is 2.20. The van der Waals surface area contributed by atoms with Crippen LogP contribution in [0.2, 0.25) is 0 Å². The van der Waals surface area contributed by atoms with Gasteiger partial charge in [-0.3, -0.25) is 9.78 Å². The largest absolute Gasteiger partial charge is 0.481 e. The Labute approximate surface area is 106 Å². The standard InChI is InChI=1S/C15H15NO2/c1-11-6-5-9-13(16-11)10-14(15(17)18)12-7-3-2-4-8-12/h2-9,14H,10H2,1H3,(H,17,18). The highest BCUT2D eigenvalue weighted by atomic mass is 16.4. The van der Waals surface area contributed by atoms with E-state index >= 15 is 0 Å². The Hall–Kier alpha value is -2.16. The fraction of sp³-hybridized carbons (Fsp3) is 0.200. The summed E-state index contributed by atoms with van der Waals surface area (Å²) < 4.78 is 0. The Balaban J connectivity index is 2.25. The molecule has 1 aromatic carbocycles. The predicted octanol–water partition coefficient (Wildman–Crippen LogP) is 2.80. The first-order valence-corrected chi connectivity index (χ1v) is 5.87. The summed E-state index contributed by atoms with van der Waals surface area (Å²) in [6, 6.07) is 15.0. The average Bonchev–Trinajstić information content (AvgIpc) is 2.37. The van der Waals surface area contributed by atoms with Crippen LogP contribution in [0.15, 0.2) is 48.5 Å². The molecule has 0 aliphatic heterocycles. The third-order valence-corrected chi connectivity index (χ3v) is 2.86. The number of carboxylic acid groups (broad SMARTS) is 1. The van der Waals surface area contributed by atoms with Gasteiger partial charge in [0.1, 0.15) is 0 Å². The van der Waals surface area contributed by atoms with E-state index in [0.29, 0.717) is 6.42 Å². The predicted molar refractivity (Wildman–Crippen MR) is 69.5 cm³/mol. The molecule has 1 heterocycles. The van der Waals surface area contributed by atoms with Crippen molar-refractivity contribution in [3.63, 3.8) is 0 Å². The zero-order valence-corrected chi connectivity index (χ0v) is 10.2. The second kappa shape index (κ2) is 5.45. The van der Waals surface area contributed by atoms with E-state index < -0.39 is 11.9 Å². The quantitative estimate of drug-likeness (QED) is 0.895. The average molecular weight is 241 g/mol. The lowest BCUT2D eigenvalue weighted by atomic mass is 9.94. The number of benzene rings is 1. The Bertz CT molecular complexity index is 537. The molecule has 1 aromatic heterocycles. The second-order valence-corrected chi connectivity index (χ2v) is 4.28. The van der Waals surface area contributed by atoms with Crippen LogP contribution in [0.4, 0.5) is 0 Å². The number of pyridine rings is 1.